The number of sulfonamides is 1. The van der Waals surface area contributed by atoms with Gasteiger partial charge in [-0.25, -0.2) is 13.4 Å². The predicted octanol–water partition coefficient (Wildman–Crippen LogP) is 2.17. The second-order valence-corrected chi connectivity index (χ2v) is 6.47. The molecule has 0 radical (unpaired) electrons. The maximum atomic E-state index is 11.5. The number of hydrogen-bond donors (Lipinski definition) is 1. The van der Waals surface area contributed by atoms with Gasteiger partial charge in [0.2, 0.25) is 10.0 Å². The summed E-state index contributed by atoms with van der Waals surface area (Å²) in [6.07, 6.45) is 2.99. The fourth-order valence-corrected chi connectivity index (χ4v) is 3.51. The van der Waals surface area contributed by atoms with Gasteiger partial charge in [-0.1, -0.05) is 6.92 Å². The lowest BCUT2D eigenvalue weighted by molar-refractivity contribution is 0.600. The molecule has 1 aliphatic carbocycles. The third kappa shape index (κ3) is 2.92. The summed E-state index contributed by atoms with van der Waals surface area (Å²) in [5, 5.41) is 2.45. The van der Waals surface area contributed by atoms with Crippen LogP contribution in [0.3, 0.4) is 0 Å². The molecule has 0 atom stereocenters. The number of nitrogens with one attached hydrogen (secondary N) is 1. The van der Waals surface area contributed by atoms with Crippen LogP contribution in [-0.4, -0.2) is 19.2 Å². The van der Waals surface area contributed by atoms with E-state index in [0.29, 0.717) is 17.5 Å². The highest BCUT2D eigenvalue weighted by atomic mass is 32.2. The van der Waals surface area contributed by atoms with Crippen LogP contribution in [0.2, 0.25) is 0 Å². The molecule has 15 heavy (non-hydrogen) atoms. The van der Waals surface area contributed by atoms with Crippen molar-refractivity contribution in [2.24, 2.45) is 0 Å². The van der Waals surface area contributed by atoms with Gasteiger partial charge in [0.15, 0.2) is 5.13 Å². The summed E-state index contributed by atoms with van der Waals surface area (Å²) in [5.41, 5.74) is 1.04. The van der Waals surface area contributed by atoms with Crippen LogP contribution in [0.1, 0.15) is 37.8 Å². The van der Waals surface area contributed by atoms with Crippen molar-refractivity contribution in [3.05, 3.63) is 11.1 Å². The van der Waals surface area contributed by atoms with E-state index in [1.54, 1.807) is 0 Å². The molecular weight excluding hydrogens is 232 g/mol. The Morgan fingerprint density at radius 3 is 2.93 bits per heavy atom. The Bertz CT molecular complexity index is 435. The fourth-order valence-electron chi connectivity index (χ4n) is 1.35. The van der Waals surface area contributed by atoms with Crippen LogP contribution < -0.4 is 4.72 Å². The molecule has 1 aromatic heterocycles. The molecule has 0 amide bonds. The third-order valence-electron chi connectivity index (χ3n) is 2.23. The third-order valence-corrected chi connectivity index (χ3v) is 4.59. The Balaban J connectivity index is 2.03. The molecule has 0 bridgehead atoms. The second-order valence-electron chi connectivity index (χ2n) is 3.77. The summed E-state index contributed by atoms with van der Waals surface area (Å²) in [7, 11) is -3.18. The summed E-state index contributed by atoms with van der Waals surface area (Å²) in [4.78, 5) is 4.27. The largest absolute Gasteiger partial charge is 0.259 e. The van der Waals surface area contributed by atoms with Gasteiger partial charge in [0.1, 0.15) is 0 Å². The smallest absolute Gasteiger partial charge is 0.234 e. The van der Waals surface area contributed by atoms with Gasteiger partial charge in [-0.05, 0) is 19.3 Å². The first-order chi connectivity index (χ1) is 7.11. The number of anilines is 1. The number of aromatic nitrogens is 1. The first-order valence-electron chi connectivity index (χ1n) is 5.06. The number of rotatable bonds is 5. The second kappa shape index (κ2) is 4.09. The molecule has 1 aromatic rings. The topological polar surface area (TPSA) is 59.1 Å². The molecule has 84 valence electrons. The lowest BCUT2D eigenvalue weighted by atomic mass is 10.3. The van der Waals surface area contributed by atoms with E-state index in [9.17, 15) is 8.42 Å². The van der Waals surface area contributed by atoms with Gasteiger partial charge in [-0.2, -0.15) is 0 Å². The molecule has 0 saturated heterocycles. The zero-order valence-corrected chi connectivity index (χ0v) is 10.2. The van der Waals surface area contributed by atoms with Crippen LogP contribution in [0.4, 0.5) is 5.13 Å². The summed E-state index contributed by atoms with van der Waals surface area (Å²) in [6, 6.07) is 0. The van der Waals surface area contributed by atoms with Crippen molar-refractivity contribution < 1.29 is 8.42 Å². The Labute approximate surface area is 93.8 Å². The van der Waals surface area contributed by atoms with Crippen molar-refractivity contribution in [2.75, 3.05) is 10.5 Å². The highest BCUT2D eigenvalue weighted by Crippen LogP contribution is 2.40. The lowest BCUT2D eigenvalue weighted by Gasteiger charge is -2.02. The molecule has 1 saturated carbocycles. The summed E-state index contributed by atoms with van der Waals surface area (Å²) >= 11 is 1.37. The molecule has 2 rings (SSSR count). The zero-order chi connectivity index (χ0) is 10.9. The van der Waals surface area contributed by atoms with Gasteiger partial charge in [0, 0.05) is 11.3 Å². The van der Waals surface area contributed by atoms with Crippen LogP contribution in [0, 0.1) is 0 Å². The quantitative estimate of drug-likeness (QED) is 0.866. The van der Waals surface area contributed by atoms with E-state index < -0.39 is 10.0 Å². The fraction of sp³-hybridized carbons (Fsp3) is 0.667. The van der Waals surface area contributed by atoms with E-state index in [4.69, 9.17) is 0 Å². The lowest BCUT2D eigenvalue weighted by Crippen LogP contribution is -2.15. The van der Waals surface area contributed by atoms with Crippen LogP contribution in [0.25, 0.3) is 0 Å². The van der Waals surface area contributed by atoms with Gasteiger partial charge in [-0.3, -0.25) is 4.72 Å². The van der Waals surface area contributed by atoms with Crippen LogP contribution >= 0.6 is 11.3 Å². The summed E-state index contributed by atoms with van der Waals surface area (Å²) in [5.74, 6) is 0.733. The molecule has 6 heteroatoms. The number of hydrogen-bond acceptors (Lipinski definition) is 4. The molecule has 1 aliphatic rings. The van der Waals surface area contributed by atoms with Gasteiger partial charge in [0.05, 0.1) is 11.4 Å². The van der Waals surface area contributed by atoms with E-state index in [-0.39, 0.29) is 5.75 Å². The standard InChI is InChI=1S/C9H14N2O2S2/c1-2-5-15(12,13)11-9-10-8(6-14-9)7-3-4-7/h6-7H,2-5H2,1H3,(H,10,11). The van der Waals surface area contributed by atoms with Crippen LogP contribution in [0.5, 0.6) is 0 Å². The molecule has 1 fully saturated rings. The minimum Gasteiger partial charge on any atom is -0.259 e. The van der Waals surface area contributed by atoms with Crippen LogP contribution in [-0.2, 0) is 10.0 Å². The SMILES string of the molecule is CCCS(=O)(=O)Nc1nc(C2CC2)cs1. The Morgan fingerprint density at radius 2 is 2.33 bits per heavy atom. The van der Waals surface area contributed by atoms with Crippen molar-refractivity contribution in [1.29, 1.82) is 0 Å². The minimum atomic E-state index is -3.18. The maximum Gasteiger partial charge on any atom is 0.234 e. The van der Waals surface area contributed by atoms with Crippen molar-refractivity contribution >= 4 is 26.5 Å². The Hall–Kier alpha value is -0.620. The average molecular weight is 246 g/mol. The van der Waals surface area contributed by atoms with Crippen LogP contribution in [0.15, 0.2) is 5.38 Å². The van der Waals surface area contributed by atoms with Gasteiger partial charge >= 0.3 is 0 Å². The highest BCUT2D eigenvalue weighted by Gasteiger charge is 2.26. The van der Waals surface area contributed by atoms with Gasteiger partial charge in [-0.15, -0.1) is 11.3 Å². The zero-order valence-electron chi connectivity index (χ0n) is 8.56. The van der Waals surface area contributed by atoms with E-state index in [2.05, 4.69) is 9.71 Å². The van der Waals surface area contributed by atoms with Gasteiger partial charge in [0.25, 0.3) is 0 Å². The van der Waals surface area contributed by atoms with E-state index >= 15 is 0 Å². The summed E-state index contributed by atoms with van der Waals surface area (Å²) in [6.45, 7) is 1.84. The molecule has 0 unspecified atom stereocenters. The average Bonchev–Trinajstić information content (AvgIpc) is 2.88. The molecule has 0 aromatic carbocycles. The molecule has 4 nitrogen and oxygen atoms in total. The molecule has 0 aliphatic heterocycles. The molecule has 0 spiro atoms. The maximum absolute atomic E-state index is 11.5. The minimum absolute atomic E-state index is 0.158. The van der Waals surface area contributed by atoms with E-state index in [1.807, 2.05) is 12.3 Å². The number of thiazole rings is 1. The first kappa shape index (κ1) is 10.9. The van der Waals surface area contributed by atoms with Crippen molar-refractivity contribution in [2.45, 2.75) is 32.1 Å². The Morgan fingerprint density at radius 1 is 1.60 bits per heavy atom. The van der Waals surface area contributed by atoms with Crippen molar-refractivity contribution in [3.8, 4) is 0 Å². The summed E-state index contributed by atoms with van der Waals surface area (Å²) < 4.78 is 25.4. The normalized spacial score (nSPS) is 16.6. The predicted molar refractivity (Wildman–Crippen MR) is 61.8 cm³/mol. The highest BCUT2D eigenvalue weighted by molar-refractivity contribution is 7.92. The molecule has 1 heterocycles. The van der Waals surface area contributed by atoms with E-state index in [1.165, 1.54) is 24.2 Å². The van der Waals surface area contributed by atoms with Crippen molar-refractivity contribution in [3.63, 3.8) is 0 Å². The van der Waals surface area contributed by atoms with E-state index in [0.717, 1.165) is 5.69 Å². The first-order valence-corrected chi connectivity index (χ1v) is 7.60. The molecular formula is C9H14N2O2S2. The molecule has 1 N–H and O–H groups in total. The van der Waals surface area contributed by atoms with Crippen molar-refractivity contribution in [1.82, 2.24) is 4.98 Å². The Kier molecular flexibility index (Phi) is 2.97. The van der Waals surface area contributed by atoms with Gasteiger partial charge < -0.3 is 0 Å². The monoisotopic (exact) mass is 246 g/mol. The number of nitrogens with zero attached hydrogens (tertiary/aromatic N) is 1.